The lowest BCUT2D eigenvalue weighted by Crippen LogP contribution is -2.22. The number of hydrogen-bond acceptors (Lipinski definition) is 4. The van der Waals surface area contributed by atoms with Crippen molar-refractivity contribution in [2.45, 2.75) is 6.92 Å². The van der Waals surface area contributed by atoms with Gasteiger partial charge in [-0.3, -0.25) is 0 Å². The molecule has 4 N–H and O–H groups in total. The van der Waals surface area contributed by atoms with Gasteiger partial charge >= 0.3 is 0 Å². The zero-order chi connectivity index (χ0) is 12.8. The van der Waals surface area contributed by atoms with Gasteiger partial charge in [-0.2, -0.15) is 5.10 Å². The van der Waals surface area contributed by atoms with Crippen LogP contribution in [0.4, 0.5) is 0 Å². The molecule has 0 aliphatic rings. The van der Waals surface area contributed by atoms with Gasteiger partial charge in [0.2, 0.25) is 5.96 Å². The zero-order valence-electron chi connectivity index (χ0n) is 10.1. The van der Waals surface area contributed by atoms with Crippen molar-refractivity contribution in [3.63, 3.8) is 0 Å². The molecule has 6 nitrogen and oxygen atoms in total. The SMILES string of the molecule is COc1ccc(OC)c(/C(C)=N\N=C(N)N)c1. The van der Waals surface area contributed by atoms with E-state index in [9.17, 15) is 0 Å². The summed E-state index contributed by atoms with van der Waals surface area (Å²) in [5.41, 5.74) is 11.8. The summed E-state index contributed by atoms with van der Waals surface area (Å²) in [6.45, 7) is 1.78. The Balaban J connectivity index is 3.18. The number of ether oxygens (including phenoxy) is 2. The lowest BCUT2D eigenvalue weighted by Gasteiger charge is -2.09. The van der Waals surface area contributed by atoms with Gasteiger partial charge in [0.05, 0.1) is 19.9 Å². The summed E-state index contributed by atoms with van der Waals surface area (Å²) in [7, 11) is 3.17. The van der Waals surface area contributed by atoms with Crippen LogP contribution >= 0.6 is 0 Å². The van der Waals surface area contributed by atoms with Gasteiger partial charge in [-0.1, -0.05) is 0 Å². The van der Waals surface area contributed by atoms with E-state index in [4.69, 9.17) is 20.9 Å². The topological polar surface area (TPSA) is 95.2 Å². The number of guanidine groups is 1. The first-order valence-corrected chi connectivity index (χ1v) is 4.94. The molecule has 0 spiro atoms. The van der Waals surface area contributed by atoms with E-state index in [2.05, 4.69) is 10.2 Å². The minimum absolute atomic E-state index is 0.0915. The summed E-state index contributed by atoms with van der Waals surface area (Å²) in [6, 6.07) is 5.40. The van der Waals surface area contributed by atoms with Crippen LogP contribution in [-0.2, 0) is 0 Å². The monoisotopic (exact) mass is 236 g/mol. The third kappa shape index (κ3) is 3.37. The first kappa shape index (κ1) is 12.8. The highest BCUT2D eigenvalue weighted by atomic mass is 16.5. The fourth-order valence-electron chi connectivity index (χ4n) is 1.28. The molecular weight excluding hydrogens is 220 g/mol. The van der Waals surface area contributed by atoms with Gasteiger partial charge in [-0.15, -0.1) is 5.10 Å². The second-order valence-corrected chi connectivity index (χ2v) is 3.28. The molecule has 0 atom stereocenters. The Bertz CT molecular complexity index is 451. The molecule has 92 valence electrons. The lowest BCUT2D eigenvalue weighted by atomic mass is 10.1. The van der Waals surface area contributed by atoms with Crippen LogP contribution < -0.4 is 20.9 Å². The van der Waals surface area contributed by atoms with Crippen molar-refractivity contribution in [3.05, 3.63) is 23.8 Å². The Morgan fingerprint density at radius 3 is 2.35 bits per heavy atom. The Kier molecular flexibility index (Phi) is 4.33. The average Bonchev–Trinajstić information content (AvgIpc) is 2.34. The summed E-state index contributed by atoms with van der Waals surface area (Å²) >= 11 is 0. The zero-order valence-corrected chi connectivity index (χ0v) is 10.1. The predicted molar refractivity (Wildman–Crippen MR) is 67.6 cm³/mol. The maximum absolute atomic E-state index is 5.23. The van der Waals surface area contributed by atoms with E-state index >= 15 is 0 Å². The molecule has 0 saturated heterocycles. The Labute approximate surface area is 99.9 Å². The van der Waals surface area contributed by atoms with Crippen molar-refractivity contribution in [1.29, 1.82) is 0 Å². The Morgan fingerprint density at radius 2 is 1.82 bits per heavy atom. The molecule has 17 heavy (non-hydrogen) atoms. The van der Waals surface area contributed by atoms with E-state index < -0.39 is 0 Å². The Morgan fingerprint density at radius 1 is 1.12 bits per heavy atom. The molecule has 6 heteroatoms. The molecule has 0 aliphatic carbocycles. The minimum atomic E-state index is -0.0915. The second-order valence-electron chi connectivity index (χ2n) is 3.28. The lowest BCUT2D eigenvalue weighted by molar-refractivity contribution is 0.402. The van der Waals surface area contributed by atoms with Gasteiger partial charge < -0.3 is 20.9 Å². The van der Waals surface area contributed by atoms with Crippen LogP contribution in [0.25, 0.3) is 0 Å². The van der Waals surface area contributed by atoms with Crippen molar-refractivity contribution in [3.8, 4) is 11.5 Å². The van der Waals surface area contributed by atoms with E-state index in [0.29, 0.717) is 17.2 Å². The van der Waals surface area contributed by atoms with Gasteiger partial charge in [-0.25, -0.2) is 0 Å². The first-order valence-electron chi connectivity index (χ1n) is 4.94. The predicted octanol–water partition coefficient (Wildman–Crippen LogP) is 0.701. The molecule has 1 aromatic carbocycles. The second kappa shape index (κ2) is 5.74. The van der Waals surface area contributed by atoms with Crippen LogP contribution in [-0.4, -0.2) is 25.9 Å². The first-order chi connectivity index (χ1) is 8.08. The van der Waals surface area contributed by atoms with Gasteiger partial charge in [0.15, 0.2) is 0 Å². The number of benzene rings is 1. The van der Waals surface area contributed by atoms with Crippen LogP contribution in [0.15, 0.2) is 28.4 Å². The Hall–Kier alpha value is -2.24. The smallest absolute Gasteiger partial charge is 0.211 e. The van der Waals surface area contributed by atoms with Crippen LogP contribution in [0.3, 0.4) is 0 Å². The maximum Gasteiger partial charge on any atom is 0.211 e. The average molecular weight is 236 g/mol. The van der Waals surface area contributed by atoms with E-state index in [1.807, 2.05) is 0 Å². The summed E-state index contributed by atoms with van der Waals surface area (Å²) in [5.74, 6) is 1.30. The van der Waals surface area contributed by atoms with Gasteiger partial charge in [0.1, 0.15) is 11.5 Å². The third-order valence-electron chi connectivity index (χ3n) is 2.11. The molecule has 0 aliphatic heterocycles. The van der Waals surface area contributed by atoms with E-state index in [1.54, 1.807) is 39.3 Å². The highest BCUT2D eigenvalue weighted by molar-refractivity contribution is 6.01. The van der Waals surface area contributed by atoms with Crippen LogP contribution in [0.2, 0.25) is 0 Å². The van der Waals surface area contributed by atoms with Crippen LogP contribution in [0.1, 0.15) is 12.5 Å². The van der Waals surface area contributed by atoms with Crippen molar-refractivity contribution in [1.82, 2.24) is 0 Å². The molecule has 1 aromatic rings. The van der Waals surface area contributed by atoms with Crippen molar-refractivity contribution in [2.75, 3.05) is 14.2 Å². The fourth-order valence-corrected chi connectivity index (χ4v) is 1.28. The molecule has 0 amide bonds. The highest BCUT2D eigenvalue weighted by Gasteiger charge is 2.08. The fraction of sp³-hybridized carbons (Fsp3) is 0.273. The van der Waals surface area contributed by atoms with Gasteiger partial charge in [0.25, 0.3) is 0 Å². The van der Waals surface area contributed by atoms with E-state index in [-0.39, 0.29) is 5.96 Å². The molecule has 0 heterocycles. The molecule has 0 aromatic heterocycles. The molecular formula is C11H16N4O2. The third-order valence-corrected chi connectivity index (χ3v) is 2.11. The number of nitrogens with two attached hydrogens (primary N) is 2. The standard InChI is InChI=1S/C11H16N4O2/c1-7(14-15-11(12)13)9-6-8(16-2)4-5-10(9)17-3/h4-6H,1-3H3,(H4,12,13,15)/b14-7-. The van der Waals surface area contributed by atoms with Gasteiger partial charge in [-0.05, 0) is 25.1 Å². The number of methoxy groups -OCH3 is 2. The van der Waals surface area contributed by atoms with E-state index in [0.717, 1.165) is 5.56 Å². The number of hydrogen-bond donors (Lipinski definition) is 2. The van der Waals surface area contributed by atoms with Crippen molar-refractivity contribution < 1.29 is 9.47 Å². The van der Waals surface area contributed by atoms with Crippen molar-refractivity contribution >= 4 is 11.7 Å². The van der Waals surface area contributed by atoms with Crippen molar-refractivity contribution in [2.24, 2.45) is 21.7 Å². The summed E-state index contributed by atoms with van der Waals surface area (Å²) < 4.78 is 10.4. The normalized spacial score (nSPS) is 10.9. The molecule has 0 saturated carbocycles. The van der Waals surface area contributed by atoms with Crippen LogP contribution in [0.5, 0.6) is 11.5 Å². The molecule has 0 fully saturated rings. The quantitative estimate of drug-likeness (QED) is 0.457. The molecule has 0 radical (unpaired) electrons. The largest absolute Gasteiger partial charge is 0.497 e. The molecule has 0 unspecified atom stereocenters. The van der Waals surface area contributed by atoms with Crippen LogP contribution in [0, 0.1) is 0 Å². The summed E-state index contributed by atoms with van der Waals surface area (Å²) in [6.07, 6.45) is 0. The maximum atomic E-state index is 5.23. The molecule has 0 bridgehead atoms. The number of nitrogens with zero attached hydrogens (tertiary/aromatic N) is 2. The minimum Gasteiger partial charge on any atom is -0.497 e. The number of rotatable bonds is 4. The summed E-state index contributed by atoms with van der Waals surface area (Å²) in [4.78, 5) is 0. The van der Waals surface area contributed by atoms with E-state index in [1.165, 1.54) is 0 Å². The molecule has 1 rings (SSSR count). The highest BCUT2D eigenvalue weighted by Crippen LogP contribution is 2.24. The summed E-state index contributed by atoms with van der Waals surface area (Å²) in [5, 5.41) is 7.49. The van der Waals surface area contributed by atoms with Gasteiger partial charge in [0, 0.05) is 5.56 Å².